The highest BCUT2D eigenvalue weighted by Gasteiger charge is 2.13. The van der Waals surface area contributed by atoms with Gasteiger partial charge in [0.05, 0.1) is 17.4 Å². The van der Waals surface area contributed by atoms with E-state index in [0.29, 0.717) is 38.4 Å². The monoisotopic (exact) mass is 440 g/mol. The zero-order chi connectivity index (χ0) is 20.4. The zero-order valence-electron chi connectivity index (χ0n) is 15.7. The van der Waals surface area contributed by atoms with Gasteiger partial charge in [0.15, 0.2) is 5.16 Å². The van der Waals surface area contributed by atoms with E-state index in [1.54, 1.807) is 10.6 Å². The molecule has 0 radical (unpaired) electrons. The molecule has 146 valence electrons. The molecule has 4 aromatic rings. The van der Waals surface area contributed by atoms with Gasteiger partial charge in [-0.1, -0.05) is 83.0 Å². The molecule has 0 spiro atoms. The number of halogens is 2. The van der Waals surface area contributed by atoms with Crippen LogP contribution in [0.4, 0.5) is 0 Å². The van der Waals surface area contributed by atoms with Crippen LogP contribution >= 0.6 is 35.0 Å². The number of rotatable bonds is 5. The fourth-order valence-corrected chi connectivity index (χ4v) is 4.61. The van der Waals surface area contributed by atoms with Crippen molar-refractivity contribution >= 4 is 45.9 Å². The van der Waals surface area contributed by atoms with Crippen molar-refractivity contribution in [2.75, 3.05) is 0 Å². The summed E-state index contributed by atoms with van der Waals surface area (Å²) in [7, 11) is 0. The summed E-state index contributed by atoms with van der Waals surface area (Å²) in [6.07, 6.45) is 0. The third kappa shape index (κ3) is 4.50. The molecule has 0 aliphatic carbocycles. The van der Waals surface area contributed by atoms with Crippen molar-refractivity contribution in [1.82, 2.24) is 9.55 Å². The van der Waals surface area contributed by atoms with Crippen molar-refractivity contribution < 1.29 is 0 Å². The maximum atomic E-state index is 13.2. The standard InChI is InChI=1S/C23H18Cl2N2OS/c1-15-6-8-16(9-7-15)13-27-22(28)19-4-2-3-5-21(19)26-23(27)29-14-17-10-11-18(24)12-20(17)25/h2-12H,13-14H2,1H3. The van der Waals surface area contributed by atoms with Crippen LogP contribution < -0.4 is 5.56 Å². The molecule has 6 heteroatoms. The summed E-state index contributed by atoms with van der Waals surface area (Å²) in [4.78, 5) is 18.0. The second kappa shape index (κ2) is 8.62. The van der Waals surface area contributed by atoms with Crippen molar-refractivity contribution in [3.05, 3.63) is 104 Å². The molecule has 0 bridgehead atoms. The second-order valence-corrected chi connectivity index (χ2v) is 8.60. The Morgan fingerprint density at radius 2 is 1.76 bits per heavy atom. The summed E-state index contributed by atoms with van der Waals surface area (Å²) in [5.74, 6) is 0.592. The Kier molecular flexibility index (Phi) is 5.95. The highest BCUT2D eigenvalue weighted by atomic mass is 35.5. The number of hydrogen-bond acceptors (Lipinski definition) is 3. The van der Waals surface area contributed by atoms with Crippen LogP contribution in [0.1, 0.15) is 16.7 Å². The predicted molar refractivity (Wildman–Crippen MR) is 122 cm³/mol. The van der Waals surface area contributed by atoms with Gasteiger partial charge in [0.25, 0.3) is 5.56 Å². The molecule has 3 aromatic carbocycles. The maximum absolute atomic E-state index is 13.2. The minimum absolute atomic E-state index is 0.0409. The molecule has 0 saturated carbocycles. The molecule has 0 aliphatic rings. The van der Waals surface area contributed by atoms with Crippen LogP contribution in [-0.4, -0.2) is 9.55 Å². The Bertz CT molecular complexity index is 1240. The number of aryl methyl sites for hydroxylation is 1. The fourth-order valence-electron chi connectivity index (χ4n) is 3.05. The molecule has 0 unspecified atom stereocenters. The van der Waals surface area contributed by atoms with Crippen LogP contribution in [0.25, 0.3) is 10.9 Å². The van der Waals surface area contributed by atoms with Crippen LogP contribution in [-0.2, 0) is 12.3 Å². The van der Waals surface area contributed by atoms with Gasteiger partial charge in [-0.05, 0) is 42.3 Å². The summed E-state index contributed by atoms with van der Waals surface area (Å²) in [5.41, 5.74) is 3.85. The lowest BCUT2D eigenvalue weighted by molar-refractivity contribution is 0.658. The number of aromatic nitrogens is 2. The lowest BCUT2D eigenvalue weighted by Crippen LogP contribution is -2.24. The number of para-hydroxylation sites is 1. The minimum Gasteiger partial charge on any atom is -0.283 e. The lowest BCUT2D eigenvalue weighted by atomic mass is 10.1. The van der Waals surface area contributed by atoms with Crippen molar-refractivity contribution in [3.63, 3.8) is 0 Å². The molecule has 0 aliphatic heterocycles. The Morgan fingerprint density at radius 3 is 2.52 bits per heavy atom. The van der Waals surface area contributed by atoms with Crippen LogP contribution in [0, 0.1) is 6.92 Å². The molecule has 29 heavy (non-hydrogen) atoms. The van der Waals surface area contributed by atoms with E-state index < -0.39 is 0 Å². The van der Waals surface area contributed by atoms with Crippen LogP contribution in [0.5, 0.6) is 0 Å². The first-order valence-corrected chi connectivity index (χ1v) is 10.9. The smallest absolute Gasteiger partial charge is 0.262 e. The van der Waals surface area contributed by atoms with E-state index in [-0.39, 0.29) is 5.56 Å². The average molecular weight is 441 g/mol. The number of thioether (sulfide) groups is 1. The number of fused-ring (bicyclic) bond motifs is 1. The van der Waals surface area contributed by atoms with Gasteiger partial charge in [-0.2, -0.15) is 0 Å². The summed E-state index contributed by atoms with van der Waals surface area (Å²) in [5, 5.41) is 2.50. The molecule has 0 fully saturated rings. The van der Waals surface area contributed by atoms with E-state index >= 15 is 0 Å². The highest BCUT2D eigenvalue weighted by molar-refractivity contribution is 7.98. The Hall–Kier alpha value is -2.27. The van der Waals surface area contributed by atoms with Gasteiger partial charge in [0, 0.05) is 15.8 Å². The summed E-state index contributed by atoms with van der Waals surface area (Å²) < 4.78 is 1.74. The van der Waals surface area contributed by atoms with Gasteiger partial charge in [-0.25, -0.2) is 4.98 Å². The lowest BCUT2D eigenvalue weighted by Gasteiger charge is -2.14. The first kappa shape index (κ1) is 20.0. The van der Waals surface area contributed by atoms with Gasteiger partial charge in [-0.3, -0.25) is 9.36 Å². The molecule has 3 nitrogen and oxygen atoms in total. The average Bonchev–Trinajstić information content (AvgIpc) is 2.71. The molecule has 1 heterocycles. The third-order valence-corrected chi connectivity index (χ3v) is 6.27. The van der Waals surface area contributed by atoms with E-state index in [1.165, 1.54) is 17.3 Å². The SMILES string of the molecule is Cc1ccc(Cn2c(SCc3ccc(Cl)cc3Cl)nc3ccccc3c2=O)cc1. The first-order valence-electron chi connectivity index (χ1n) is 9.13. The topological polar surface area (TPSA) is 34.9 Å². The zero-order valence-corrected chi connectivity index (χ0v) is 18.1. The van der Waals surface area contributed by atoms with Gasteiger partial charge < -0.3 is 0 Å². The van der Waals surface area contributed by atoms with E-state index in [2.05, 4.69) is 12.1 Å². The Morgan fingerprint density at radius 1 is 1.00 bits per heavy atom. The normalized spacial score (nSPS) is 11.1. The number of nitrogens with zero attached hydrogens (tertiary/aromatic N) is 2. The highest BCUT2D eigenvalue weighted by Crippen LogP contribution is 2.28. The summed E-state index contributed by atoms with van der Waals surface area (Å²) in [6, 6.07) is 21.1. The van der Waals surface area contributed by atoms with Gasteiger partial charge >= 0.3 is 0 Å². The largest absolute Gasteiger partial charge is 0.283 e. The minimum atomic E-state index is -0.0409. The van der Waals surface area contributed by atoms with Crippen molar-refractivity contribution in [1.29, 1.82) is 0 Å². The maximum Gasteiger partial charge on any atom is 0.262 e. The fraction of sp³-hybridized carbons (Fsp3) is 0.130. The summed E-state index contributed by atoms with van der Waals surface area (Å²) >= 11 is 13.8. The third-order valence-electron chi connectivity index (χ3n) is 4.66. The molecule has 0 saturated heterocycles. The molecule has 4 rings (SSSR count). The van der Waals surface area contributed by atoms with Gasteiger partial charge in [0.1, 0.15) is 0 Å². The van der Waals surface area contributed by atoms with E-state index in [0.717, 1.165) is 11.1 Å². The molecule has 1 aromatic heterocycles. The van der Waals surface area contributed by atoms with Crippen molar-refractivity contribution in [2.45, 2.75) is 24.4 Å². The Labute approximate surface area is 183 Å². The molecular weight excluding hydrogens is 423 g/mol. The van der Waals surface area contributed by atoms with Crippen molar-refractivity contribution in [3.8, 4) is 0 Å². The van der Waals surface area contributed by atoms with E-state index in [4.69, 9.17) is 28.2 Å². The van der Waals surface area contributed by atoms with Gasteiger partial charge in [-0.15, -0.1) is 0 Å². The van der Waals surface area contributed by atoms with Gasteiger partial charge in [0.2, 0.25) is 0 Å². The van der Waals surface area contributed by atoms with Crippen LogP contribution in [0.2, 0.25) is 10.0 Å². The van der Waals surface area contributed by atoms with Crippen LogP contribution in [0.3, 0.4) is 0 Å². The summed E-state index contributed by atoms with van der Waals surface area (Å²) in [6.45, 7) is 2.51. The number of hydrogen-bond donors (Lipinski definition) is 0. The Balaban J connectivity index is 1.74. The molecule has 0 atom stereocenters. The van der Waals surface area contributed by atoms with E-state index in [9.17, 15) is 4.79 Å². The predicted octanol–water partition coefficient (Wildman–Crippen LogP) is 6.35. The first-order chi connectivity index (χ1) is 14.0. The molecular formula is C23H18Cl2N2OS. The molecule has 0 amide bonds. The van der Waals surface area contributed by atoms with Crippen LogP contribution in [0.15, 0.2) is 76.7 Å². The second-order valence-electron chi connectivity index (χ2n) is 6.81. The quantitative estimate of drug-likeness (QED) is 0.267. The molecule has 0 N–H and O–H groups in total. The van der Waals surface area contributed by atoms with E-state index in [1.807, 2.05) is 55.5 Å². The number of benzene rings is 3. The van der Waals surface area contributed by atoms with Crippen molar-refractivity contribution in [2.24, 2.45) is 0 Å².